The van der Waals surface area contributed by atoms with Crippen LogP contribution in [-0.4, -0.2) is 13.2 Å². The smallest absolute Gasteiger partial charge is 0.0557 e. The van der Waals surface area contributed by atoms with Gasteiger partial charge in [-0.3, -0.25) is 0 Å². The predicted octanol–water partition coefficient (Wildman–Crippen LogP) is 2.40. The Morgan fingerprint density at radius 1 is 1.42 bits per heavy atom. The second-order valence-electron chi connectivity index (χ2n) is 3.28. The molecule has 1 aliphatic rings. The van der Waals surface area contributed by atoms with Crippen molar-refractivity contribution in [3.05, 3.63) is 29.3 Å². The van der Waals surface area contributed by atoms with Gasteiger partial charge in [0, 0.05) is 10.8 Å². The van der Waals surface area contributed by atoms with E-state index in [0.717, 1.165) is 18.1 Å². The highest BCUT2D eigenvalue weighted by Crippen LogP contribution is 2.27. The highest BCUT2D eigenvalue weighted by molar-refractivity contribution is 7.80. The number of thiol groups is 1. The van der Waals surface area contributed by atoms with Gasteiger partial charge in [-0.2, -0.15) is 0 Å². The number of ether oxygens (including phenoxy) is 1. The van der Waals surface area contributed by atoms with Crippen molar-refractivity contribution in [3.63, 3.8) is 0 Å². The molecule has 0 atom stereocenters. The molecule has 2 heteroatoms. The van der Waals surface area contributed by atoms with Crippen molar-refractivity contribution >= 4 is 12.6 Å². The van der Waals surface area contributed by atoms with Crippen LogP contribution in [0.2, 0.25) is 0 Å². The largest absolute Gasteiger partial charge is 0.380 e. The van der Waals surface area contributed by atoms with Crippen molar-refractivity contribution in [1.29, 1.82) is 0 Å². The van der Waals surface area contributed by atoms with Crippen molar-refractivity contribution in [2.24, 2.45) is 0 Å². The van der Waals surface area contributed by atoms with Gasteiger partial charge < -0.3 is 4.74 Å². The summed E-state index contributed by atoms with van der Waals surface area (Å²) in [7, 11) is 0. The minimum Gasteiger partial charge on any atom is -0.380 e. The van der Waals surface area contributed by atoms with E-state index in [0.29, 0.717) is 5.92 Å². The zero-order valence-corrected chi connectivity index (χ0v) is 7.97. The molecular formula is C10H12OS. The van der Waals surface area contributed by atoms with E-state index in [1.165, 1.54) is 11.1 Å². The summed E-state index contributed by atoms with van der Waals surface area (Å²) in [6.45, 7) is 3.90. The summed E-state index contributed by atoms with van der Waals surface area (Å²) < 4.78 is 5.16. The third kappa shape index (κ3) is 1.37. The summed E-state index contributed by atoms with van der Waals surface area (Å²) in [5, 5.41) is 0. The van der Waals surface area contributed by atoms with Crippen LogP contribution in [0.1, 0.15) is 17.0 Å². The van der Waals surface area contributed by atoms with E-state index < -0.39 is 0 Å². The molecule has 0 aliphatic carbocycles. The monoisotopic (exact) mass is 180 g/mol. The van der Waals surface area contributed by atoms with Gasteiger partial charge in [-0.1, -0.05) is 6.07 Å². The molecule has 2 rings (SSSR count). The maximum atomic E-state index is 5.16. The Morgan fingerprint density at radius 3 is 2.67 bits per heavy atom. The Labute approximate surface area is 78.2 Å². The minimum absolute atomic E-state index is 0.624. The molecule has 0 unspecified atom stereocenters. The lowest BCUT2D eigenvalue weighted by molar-refractivity contribution is 0.00815. The maximum Gasteiger partial charge on any atom is 0.0557 e. The van der Waals surface area contributed by atoms with Crippen LogP contribution in [0.15, 0.2) is 23.1 Å². The van der Waals surface area contributed by atoms with Crippen molar-refractivity contribution in [2.45, 2.75) is 17.7 Å². The summed E-state index contributed by atoms with van der Waals surface area (Å²) in [6, 6.07) is 6.31. The number of benzene rings is 1. The van der Waals surface area contributed by atoms with Crippen molar-refractivity contribution in [3.8, 4) is 0 Å². The van der Waals surface area contributed by atoms with Gasteiger partial charge in [0.05, 0.1) is 13.2 Å². The fourth-order valence-corrected chi connectivity index (χ4v) is 1.80. The Hall–Kier alpha value is -0.470. The van der Waals surface area contributed by atoms with Gasteiger partial charge in [0.2, 0.25) is 0 Å². The fraction of sp³-hybridized carbons (Fsp3) is 0.400. The third-order valence-electron chi connectivity index (χ3n) is 2.33. The fourth-order valence-electron chi connectivity index (χ4n) is 1.53. The van der Waals surface area contributed by atoms with Crippen LogP contribution < -0.4 is 0 Å². The minimum atomic E-state index is 0.624. The van der Waals surface area contributed by atoms with Crippen LogP contribution in [0, 0.1) is 6.92 Å². The normalized spacial score (nSPS) is 17.5. The molecule has 0 radical (unpaired) electrons. The average Bonchev–Trinajstić information content (AvgIpc) is 1.91. The Morgan fingerprint density at radius 2 is 2.17 bits per heavy atom. The lowest BCUT2D eigenvalue weighted by atomic mass is 9.94. The van der Waals surface area contributed by atoms with Crippen LogP contribution in [0.3, 0.4) is 0 Å². The molecule has 12 heavy (non-hydrogen) atoms. The van der Waals surface area contributed by atoms with Crippen LogP contribution >= 0.6 is 12.6 Å². The van der Waals surface area contributed by atoms with E-state index in [2.05, 4.69) is 31.7 Å². The van der Waals surface area contributed by atoms with Gasteiger partial charge in [-0.05, 0) is 30.2 Å². The van der Waals surface area contributed by atoms with E-state index in [9.17, 15) is 0 Å². The van der Waals surface area contributed by atoms with Crippen molar-refractivity contribution < 1.29 is 4.74 Å². The Kier molecular flexibility index (Phi) is 2.11. The predicted molar refractivity (Wildman–Crippen MR) is 52.0 cm³/mol. The van der Waals surface area contributed by atoms with Gasteiger partial charge in [0.1, 0.15) is 0 Å². The van der Waals surface area contributed by atoms with Crippen LogP contribution in [-0.2, 0) is 4.74 Å². The zero-order chi connectivity index (χ0) is 8.55. The molecule has 0 amide bonds. The lowest BCUT2D eigenvalue weighted by Crippen LogP contribution is -2.25. The lowest BCUT2D eigenvalue weighted by Gasteiger charge is -2.27. The van der Waals surface area contributed by atoms with E-state index in [1.54, 1.807) is 0 Å². The maximum absolute atomic E-state index is 5.16. The first-order chi connectivity index (χ1) is 5.77. The Balaban J connectivity index is 2.31. The van der Waals surface area contributed by atoms with Crippen molar-refractivity contribution in [1.82, 2.24) is 0 Å². The molecule has 1 aromatic rings. The molecule has 0 saturated carbocycles. The van der Waals surface area contributed by atoms with Gasteiger partial charge in [0.25, 0.3) is 0 Å². The van der Waals surface area contributed by atoms with Gasteiger partial charge in [-0.25, -0.2) is 0 Å². The molecule has 1 fully saturated rings. The highest BCUT2D eigenvalue weighted by atomic mass is 32.1. The van der Waals surface area contributed by atoms with E-state index in [1.807, 2.05) is 6.07 Å². The highest BCUT2D eigenvalue weighted by Gasteiger charge is 2.21. The van der Waals surface area contributed by atoms with E-state index >= 15 is 0 Å². The molecule has 64 valence electrons. The molecule has 0 aromatic heterocycles. The molecule has 0 spiro atoms. The second kappa shape index (κ2) is 3.11. The average molecular weight is 180 g/mol. The van der Waals surface area contributed by atoms with Crippen LogP contribution in [0.25, 0.3) is 0 Å². The number of rotatable bonds is 1. The molecule has 1 heterocycles. The van der Waals surface area contributed by atoms with Gasteiger partial charge in [0.15, 0.2) is 0 Å². The summed E-state index contributed by atoms with van der Waals surface area (Å²) in [4.78, 5) is 1.04. The molecule has 1 saturated heterocycles. The Bertz CT molecular complexity index is 292. The summed E-state index contributed by atoms with van der Waals surface area (Å²) in [6.07, 6.45) is 0. The molecule has 0 bridgehead atoms. The standard InChI is InChI=1S/C10H12OS/c1-7-4-9(12)2-3-10(7)8-5-11-6-8/h2-4,8,12H,5-6H2,1H3. The summed E-state index contributed by atoms with van der Waals surface area (Å²) in [5.74, 6) is 0.624. The SMILES string of the molecule is Cc1cc(S)ccc1C1COC1. The molecule has 1 nitrogen and oxygen atoms in total. The first kappa shape index (κ1) is 8.14. The third-order valence-corrected chi connectivity index (χ3v) is 2.61. The van der Waals surface area contributed by atoms with Crippen LogP contribution in [0.4, 0.5) is 0 Å². The van der Waals surface area contributed by atoms with Gasteiger partial charge in [-0.15, -0.1) is 12.6 Å². The van der Waals surface area contributed by atoms with Crippen molar-refractivity contribution in [2.75, 3.05) is 13.2 Å². The molecular weight excluding hydrogens is 168 g/mol. The first-order valence-electron chi connectivity index (χ1n) is 4.14. The zero-order valence-electron chi connectivity index (χ0n) is 7.08. The number of aryl methyl sites for hydroxylation is 1. The molecule has 1 aliphatic heterocycles. The van der Waals surface area contributed by atoms with E-state index in [4.69, 9.17) is 4.74 Å². The molecule has 0 N–H and O–H groups in total. The van der Waals surface area contributed by atoms with Crippen LogP contribution in [0.5, 0.6) is 0 Å². The number of hydrogen-bond acceptors (Lipinski definition) is 2. The summed E-state index contributed by atoms with van der Waals surface area (Å²) in [5.41, 5.74) is 2.75. The second-order valence-corrected chi connectivity index (χ2v) is 3.79. The van der Waals surface area contributed by atoms with E-state index in [-0.39, 0.29) is 0 Å². The quantitative estimate of drug-likeness (QED) is 0.653. The summed E-state index contributed by atoms with van der Waals surface area (Å²) >= 11 is 4.29. The van der Waals surface area contributed by atoms with Gasteiger partial charge >= 0.3 is 0 Å². The molecule has 1 aromatic carbocycles. The topological polar surface area (TPSA) is 9.23 Å². The number of hydrogen-bond donors (Lipinski definition) is 1. The first-order valence-corrected chi connectivity index (χ1v) is 4.59.